The number of nitrogens with one attached hydrogen (secondary N) is 1. The third-order valence-electron chi connectivity index (χ3n) is 2.17. The number of nitrogens with zero attached hydrogens (tertiary/aromatic N) is 1. The molecule has 5 nitrogen and oxygen atoms in total. The SMILES string of the molecule is COCC(O)CNC(=O)CN(C)C(C)C. The third kappa shape index (κ3) is 7.30. The van der Waals surface area contributed by atoms with Gasteiger partial charge >= 0.3 is 0 Å². The van der Waals surface area contributed by atoms with Crippen LogP contribution in [0.2, 0.25) is 0 Å². The van der Waals surface area contributed by atoms with Gasteiger partial charge in [0.05, 0.1) is 19.3 Å². The van der Waals surface area contributed by atoms with Crippen molar-refractivity contribution < 1.29 is 14.6 Å². The maximum atomic E-state index is 11.4. The van der Waals surface area contributed by atoms with Crippen LogP contribution in [0.5, 0.6) is 0 Å². The van der Waals surface area contributed by atoms with E-state index in [0.717, 1.165) is 0 Å². The van der Waals surface area contributed by atoms with Crippen molar-refractivity contribution in [1.29, 1.82) is 0 Å². The quantitative estimate of drug-likeness (QED) is 0.602. The average Bonchev–Trinajstić information content (AvgIpc) is 2.15. The zero-order valence-electron chi connectivity index (χ0n) is 9.99. The van der Waals surface area contributed by atoms with Crippen LogP contribution in [0.15, 0.2) is 0 Å². The molecule has 1 atom stereocenters. The molecule has 90 valence electrons. The molecule has 0 aliphatic carbocycles. The molecule has 0 saturated heterocycles. The molecule has 0 radical (unpaired) electrons. The molecule has 0 aliphatic heterocycles. The number of amides is 1. The van der Waals surface area contributed by atoms with Crippen molar-refractivity contribution in [2.75, 3.05) is 33.9 Å². The Morgan fingerprint density at radius 1 is 1.53 bits per heavy atom. The maximum Gasteiger partial charge on any atom is 0.234 e. The van der Waals surface area contributed by atoms with Gasteiger partial charge in [-0.3, -0.25) is 9.69 Å². The fourth-order valence-electron chi connectivity index (χ4n) is 0.948. The molecule has 0 aromatic rings. The lowest BCUT2D eigenvalue weighted by molar-refractivity contribution is -0.122. The summed E-state index contributed by atoms with van der Waals surface area (Å²) in [6, 6.07) is 0.333. The van der Waals surface area contributed by atoms with Gasteiger partial charge < -0.3 is 15.2 Å². The highest BCUT2D eigenvalue weighted by molar-refractivity contribution is 5.78. The number of carbonyl (C=O) groups excluding carboxylic acids is 1. The average molecular weight is 218 g/mol. The first-order valence-corrected chi connectivity index (χ1v) is 5.11. The van der Waals surface area contributed by atoms with Gasteiger partial charge in [-0.15, -0.1) is 0 Å². The highest BCUT2D eigenvalue weighted by Gasteiger charge is 2.10. The Morgan fingerprint density at radius 3 is 2.60 bits per heavy atom. The molecule has 2 N–H and O–H groups in total. The zero-order valence-corrected chi connectivity index (χ0v) is 9.99. The van der Waals surface area contributed by atoms with E-state index in [1.807, 2.05) is 25.8 Å². The summed E-state index contributed by atoms with van der Waals surface area (Å²) in [5.41, 5.74) is 0. The summed E-state index contributed by atoms with van der Waals surface area (Å²) in [6.07, 6.45) is -0.636. The molecule has 0 aliphatic rings. The molecule has 0 spiro atoms. The molecule has 1 unspecified atom stereocenters. The van der Waals surface area contributed by atoms with E-state index >= 15 is 0 Å². The molecule has 15 heavy (non-hydrogen) atoms. The molecule has 0 rings (SSSR count). The minimum Gasteiger partial charge on any atom is -0.389 e. The van der Waals surface area contributed by atoms with E-state index in [1.54, 1.807) is 0 Å². The lowest BCUT2D eigenvalue weighted by Crippen LogP contribution is -2.41. The van der Waals surface area contributed by atoms with Crippen LogP contribution < -0.4 is 5.32 Å². The summed E-state index contributed by atoms with van der Waals surface area (Å²) in [5, 5.41) is 11.9. The van der Waals surface area contributed by atoms with Gasteiger partial charge in [0.15, 0.2) is 0 Å². The van der Waals surface area contributed by atoms with Crippen LogP contribution in [0.4, 0.5) is 0 Å². The largest absolute Gasteiger partial charge is 0.389 e. The Bertz CT molecular complexity index is 186. The van der Waals surface area contributed by atoms with E-state index in [4.69, 9.17) is 4.74 Å². The van der Waals surface area contributed by atoms with Crippen molar-refractivity contribution in [3.05, 3.63) is 0 Å². The molecule has 0 saturated carbocycles. The number of aliphatic hydroxyl groups is 1. The second-order valence-corrected chi connectivity index (χ2v) is 3.92. The van der Waals surface area contributed by atoms with E-state index in [2.05, 4.69) is 5.32 Å². The van der Waals surface area contributed by atoms with Crippen LogP contribution in [0.3, 0.4) is 0 Å². The number of likely N-dealkylation sites (N-methyl/N-ethyl adjacent to an activating group) is 1. The number of methoxy groups -OCH3 is 1. The summed E-state index contributed by atoms with van der Waals surface area (Å²) >= 11 is 0. The molecular formula is C10H22N2O3. The molecule has 0 fully saturated rings. The summed E-state index contributed by atoms with van der Waals surface area (Å²) in [4.78, 5) is 13.3. The van der Waals surface area contributed by atoms with Gasteiger partial charge in [-0.2, -0.15) is 0 Å². The standard InChI is InChI=1S/C10H22N2O3/c1-8(2)12(3)6-10(14)11-5-9(13)7-15-4/h8-9,13H,5-7H2,1-4H3,(H,11,14). The molecule has 0 heterocycles. The Morgan fingerprint density at radius 2 is 2.13 bits per heavy atom. The van der Waals surface area contributed by atoms with Crippen molar-refractivity contribution >= 4 is 5.91 Å². The van der Waals surface area contributed by atoms with Crippen molar-refractivity contribution in [3.63, 3.8) is 0 Å². The third-order valence-corrected chi connectivity index (χ3v) is 2.17. The van der Waals surface area contributed by atoms with E-state index in [9.17, 15) is 9.90 Å². The number of hydrogen-bond acceptors (Lipinski definition) is 4. The fraction of sp³-hybridized carbons (Fsp3) is 0.900. The van der Waals surface area contributed by atoms with Crippen molar-refractivity contribution in [2.45, 2.75) is 26.0 Å². The van der Waals surface area contributed by atoms with E-state index in [0.29, 0.717) is 12.6 Å². The van der Waals surface area contributed by atoms with Gasteiger partial charge in [0.25, 0.3) is 0 Å². The molecule has 0 aromatic heterocycles. The van der Waals surface area contributed by atoms with Crippen molar-refractivity contribution in [3.8, 4) is 0 Å². The monoisotopic (exact) mass is 218 g/mol. The van der Waals surface area contributed by atoms with Gasteiger partial charge in [0.2, 0.25) is 5.91 Å². The normalized spacial score (nSPS) is 13.3. The Kier molecular flexibility index (Phi) is 7.29. The van der Waals surface area contributed by atoms with Gasteiger partial charge in [0.1, 0.15) is 0 Å². The first kappa shape index (κ1) is 14.3. The first-order chi connectivity index (χ1) is 6.97. The predicted molar refractivity (Wildman–Crippen MR) is 58.7 cm³/mol. The zero-order chi connectivity index (χ0) is 11.8. The summed E-state index contributed by atoms with van der Waals surface area (Å²) in [5.74, 6) is -0.0821. The molecule has 0 bridgehead atoms. The molecule has 1 amide bonds. The van der Waals surface area contributed by atoms with Crippen LogP contribution in [0.1, 0.15) is 13.8 Å². The van der Waals surface area contributed by atoms with Gasteiger partial charge in [0, 0.05) is 19.7 Å². The number of rotatable bonds is 7. The number of ether oxygens (including phenoxy) is 1. The molecule has 5 heteroatoms. The fourth-order valence-corrected chi connectivity index (χ4v) is 0.948. The predicted octanol–water partition coefficient (Wildman–Crippen LogP) is -0.550. The summed E-state index contributed by atoms with van der Waals surface area (Å²) < 4.78 is 4.74. The number of aliphatic hydroxyl groups excluding tert-OH is 1. The maximum absolute atomic E-state index is 11.4. The van der Waals surface area contributed by atoms with Crippen LogP contribution in [-0.4, -0.2) is 61.9 Å². The molecule has 0 aromatic carbocycles. The Balaban J connectivity index is 3.66. The van der Waals surface area contributed by atoms with Crippen LogP contribution in [0, 0.1) is 0 Å². The minimum atomic E-state index is -0.636. The van der Waals surface area contributed by atoms with Gasteiger partial charge in [-0.1, -0.05) is 0 Å². The van der Waals surface area contributed by atoms with E-state index in [1.165, 1.54) is 7.11 Å². The topological polar surface area (TPSA) is 61.8 Å². The second kappa shape index (κ2) is 7.62. The lowest BCUT2D eigenvalue weighted by Gasteiger charge is -2.20. The van der Waals surface area contributed by atoms with Crippen molar-refractivity contribution in [1.82, 2.24) is 10.2 Å². The second-order valence-electron chi connectivity index (χ2n) is 3.92. The minimum absolute atomic E-state index is 0.0821. The van der Waals surface area contributed by atoms with Crippen molar-refractivity contribution in [2.24, 2.45) is 0 Å². The summed E-state index contributed by atoms with van der Waals surface area (Å²) in [7, 11) is 3.40. The van der Waals surface area contributed by atoms with Crippen LogP contribution in [-0.2, 0) is 9.53 Å². The van der Waals surface area contributed by atoms with E-state index < -0.39 is 6.10 Å². The van der Waals surface area contributed by atoms with E-state index in [-0.39, 0.29) is 19.1 Å². The number of carbonyl (C=O) groups is 1. The van der Waals surface area contributed by atoms with Crippen LogP contribution in [0.25, 0.3) is 0 Å². The first-order valence-electron chi connectivity index (χ1n) is 5.11. The van der Waals surface area contributed by atoms with Crippen LogP contribution >= 0.6 is 0 Å². The van der Waals surface area contributed by atoms with Gasteiger partial charge in [-0.05, 0) is 20.9 Å². The Labute approximate surface area is 91.4 Å². The highest BCUT2D eigenvalue weighted by Crippen LogP contribution is 1.91. The smallest absolute Gasteiger partial charge is 0.234 e. The number of hydrogen-bond donors (Lipinski definition) is 2. The summed E-state index contributed by atoms with van der Waals surface area (Å²) in [6.45, 7) is 4.86. The highest BCUT2D eigenvalue weighted by atomic mass is 16.5. The Hall–Kier alpha value is -0.650. The van der Waals surface area contributed by atoms with Gasteiger partial charge in [-0.25, -0.2) is 0 Å². The lowest BCUT2D eigenvalue weighted by atomic mass is 10.3. The molecular weight excluding hydrogens is 196 g/mol.